The number of nitrogens with zero attached hydrogens (tertiary/aromatic N) is 2. The fourth-order valence-corrected chi connectivity index (χ4v) is 0. The number of rotatable bonds is 0. The van der Waals surface area contributed by atoms with E-state index in [1.165, 1.54) is 0 Å². The summed E-state index contributed by atoms with van der Waals surface area (Å²) in [7, 11) is 0. The standard InChI is InChI=1S/C3H8O.Mg.2NO3/c1-3(2)4;;2*2-1(3)4/h3-4H,1-2H3;;;/q;+2;2*-1. The minimum Gasteiger partial charge on any atom is -0.394 e. The van der Waals surface area contributed by atoms with E-state index in [2.05, 4.69) is 0 Å². The van der Waals surface area contributed by atoms with Crippen LogP contribution in [-0.2, 0) is 0 Å². The molecule has 0 aliphatic heterocycles. The Morgan fingerprint density at radius 1 is 1.00 bits per heavy atom. The fourth-order valence-electron chi connectivity index (χ4n) is 0. The third-order valence-corrected chi connectivity index (χ3v) is 0. The van der Waals surface area contributed by atoms with Crippen molar-refractivity contribution in [1.29, 1.82) is 0 Å². The molecule has 0 saturated carbocycles. The molecule has 0 aliphatic carbocycles. The van der Waals surface area contributed by atoms with E-state index >= 15 is 0 Å². The van der Waals surface area contributed by atoms with E-state index in [0.29, 0.717) is 0 Å². The van der Waals surface area contributed by atoms with Crippen LogP contribution >= 0.6 is 0 Å². The van der Waals surface area contributed by atoms with Gasteiger partial charge < -0.3 is 35.7 Å². The van der Waals surface area contributed by atoms with Crippen LogP contribution in [0.4, 0.5) is 0 Å². The summed E-state index contributed by atoms with van der Waals surface area (Å²) in [5.74, 6) is 0. The molecule has 74 valence electrons. The minimum atomic E-state index is -1.75. The second kappa shape index (κ2) is 17.3. The van der Waals surface area contributed by atoms with Gasteiger partial charge in [0.25, 0.3) is 0 Å². The Hall–Kier alpha value is -0.874. The Morgan fingerprint density at radius 2 is 1.00 bits per heavy atom. The van der Waals surface area contributed by atoms with Gasteiger partial charge in [-0.1, -0.05) is 0 Å². The van der Waals surface area contributed by atoms with Gasteiger partial charge in [0.2, 0.25) is 0 Å². The molecule has 0 radical (unpaired) electrons. The third kappa shape index (κ3) is 1210. The van der Waals surface area contributed by atoms with E-state index in [9.17, 15) is 0 Å². The van der Waals surface area contributed by atoms with Crippen LogP contribution in [0.2, 0.25) is 0 Å². The quantitative estimate of drug-likeness (QED) is 0.320. The predicted octanol–water partition coefficient (Wildman–Crippen LogP) is -0.472. The van der Waals surface area contributed by atoms with Crippen molar-refractivity contribution in [2.75, 3.05) is 0 Å². The zero-order valence-corrected chi connectivity index (χ0v) is 8.49. The molecule has 0 bridgehead atoms. The number of hydrogen-bond donors (Lipinski definition) is 1. The summed E-state index contributed by atoms with van der Waals surface area (Å²) in [6.07, 6.45) is -0.167. The van der Waals surface area contributed by atoms with Crippen molar-refractivity contribution in [1.82, 2.24) is 0 Å². The SMILES string of the molecule is CC(C)O.O=[N+]([O-])[O-].O=[N+]([O-])[O-].[Mg+2]. The van der Waals surface area contributed by atoms with Gasteiger partial charge in [0.1, 0.15) is 0 Å². The average Bonchev–Trinajstić information content (AvgIpc) is 1.54. The normalized spacial score (nSPS) is 6.46. The molecular weight excluding hydrogens is 200 g/mol. The van der Waals surface area contributed by atoms with Crippen LogP contribution in [-0.4, -0.2) is 44.4 Å². The maximum absolute atomic E-state index is 8.25. The minimum absolute atomic E-state index is 0. The number of hydrogen-bond acceptors (Lipinski definition) is 7. The van der Waals surface area contributed by atoms with Crippen molar-refractivity contribution in [3.63, 3.8) is 0 Å². The van der Waals surface area contributed by atoms with Gasteiger partial charge in [-0.05, 0) is 13.8 Å². The van der Waals surface area contributed by atoms with Gasteiger partial charge in [0, 0.05) is 6.10 Å². The van der Waals surface area contributed by atoms with Crippen molar-refractivity contribution in [2.24, 2.45) is 0 Å². The molecule has 0 spiro atoms. The summed E-state index contributed by atoms with van der Waals surface area (Å²) in [4.78, 5) is 16.5. The van der Waals surface area contributed by atoms with Crippen LogP contribution in [0.15, 0.2) is 0 Å². The Balaban J connectivity index is -0.0000000450. The van der Waals surface area contributed by atoms with Crippen LogP contribution in [0.25, 0.3) is 0 Å². The number of aliphatic hydroxyl groups is 1. The smallest absolute Gasteiger partial charge is 0.394 e. The van der Waals surface area contributed by atoms with Crippen LogP contribution in [0, 0.1) is 30.6 Å². The molecule has 0 aromatic heterocycles. The predicted molar refractivity (Wildman–Crippen MR) is 43.8 cm³/mol. The first-order valence-corrected chi connectivity index (χ1v) is 2.51. The molecule has 0 aromatic carbocycles. The average molecular weight is 208 g/mol. The Morgan fingerprint density at radius 3 is 1.00 bits per heavy atom. The van der Waals surface area contributed by atoms with E-state index in [1.807, 2.05) is 0 Å². The molecule has 9 nitrogen and oxygen atoms in total. The summed E-state index contributed by atoms with van der Waals surface area (Å²) in [6, 6.07) is 0. The van der Waals surface area contributed by atoms with Crippen molar-refractivity contribution >= 4 is 23.1 Å². The Labute approximate surface area is 89.3 Å². The molecule has 10 heteroatoms. The first-order chi connectivity index (χ1) is 5.20. The monoisotopic (exact) mass is 208 g/mol. The van der Waals surface area contributed by atoms with E-state index < -0.39 is 10.2 Å². The number of aliphatic hydroxyl groups excluding tert-OH is 1. The molecule has 0 aromatic rings. The van der Waals surface area contributed by atoms with E-state index in [4.69, 9.17) is 35.7 Å². The van der Waals surface area contributed by atoms with Crippen molar-refractivity contribution in [3.05, 3.63) is 30.6 Å². The van der Waals surface area contributed by atoms with E-state index in [1.54, 1.807) is 13.8 Å². The maximum atomic E-state index is 8.25. The van der Waals surface area contributed by atoms with Gasteiger partial charge in [-0.15, -0.1) is 0 Å². The topological polar surface area (TPSA) is 153 Å². The zero-order valence-electron chi connectivity index (χ0n) is 7.08. The van der Waals surface area contributed by atoms with E-state index in [0.717, 1.165) is 0 Å². The molecule has 0 amide bonds. The van der Waals surface area contributed by atoms with Gasteiger partial charge in [0.15, 0.2) is 0 Å². The van der Waals surface area contributed by atoms with Gasteiger partial charge in [-0.25, -0.2) is 0 Å². The van der Waals surface area contributed by atoms with E-state index in [-0.39, 0.29) is 29.2 Å². The van der Waals surface area contributed by atoms with Gasteiger partial charge in [-0.2, -0.15) is 0 Å². The molecule has 0 atom stereocenters. The molecule has 0 rings (SSSR count). The summed E-state index contributed by atoms with van der Waals surface area (Å²) >= 11 is 0. The van der Waals surface area contributed by atoms with Crippen molar-refractivity contribution in [3.8, 4) is 0 Å². The molecule has 0 unspecified atom stereocenters. The Kier molecular flexibility index (Phi) is 30.2. The zero-order chi connectivity index (χ0) is 10.7. The molecule has 0 saturated heterocycles. The molecule has 0 aliphatic rings. The largest absolute Gasteiger partial charge is 2.00 e. The molecule has 1 N–H and O–H groups in total. The van der Waals surface area contributed by atoms with Crippen LogP contribution in [0.1, 0.15) is 13.8 Å². The van der Waals surface area contributed by atoms with Gasteiger partial charge in [-0.3, -0.25) is 0 Å². The Bertz CT molecular complexity index is 106. The van der Waals surface area contributed by atoms with Crippen molar-refractivity contribution < 1.29 is 15.3 Å². The summed E-state index contributed by atoms with van der Waals surface area (Å²) in [5, 5.41) is 37.6. The first kappa shape index (κ1) is 22.7. The summed E-state index contributed by atoms with van der Waals surface area (Å²) in [5.41, 5.74) is 0. The second-order valence-corrected chi connectivity index (χ2v) is 1.54. The fraction of sp³-hybridized carbons (Fsp3) is 1.00. The van der Waals surface area contributed by atoms with Crippen molar-refractivity contribution in [2.45, 2.75) is 20.0 Å². The first-order valence-electron chi connectivity index (χ1n) is 2.51. The van der Waals surface area contributed by atoms with Gasteiger partial charge in [0.05, 0.1) is 10.2 Å². The van der Waals surface area contributed by atoms with Gasteiger partial charge >= 0.3 is 23.1 Å². The molecule has 0 heterocycles. The summed E-state index contributed by atoms with van der Waals surface area (Å²) < 4.78 is 0. The summed E-state index contributed by atoms with van der Waals surface area (Å²) in [6.45, 7) is 3.44. The molecule has 13 heavy (non-hydrogen) atoms. The second-order valence-electron chi connectivity index (χ2n) is 1.54. The van der Waals surface area contributed by atoms with Crippen LogP contribution in [0.3, 0.4) is 0 Å². The van der Waals surface area contributed by atoms with Crippen LogP contribution in [0.5, 0.6) is 0 Å². The molecular formula is C3H8MgN2O7. The maximum Gasteiger partial charge on any atom is 2.00 e. The molecule has 0 fully saturated rings. The van der Waals surface area contributed by atoms with Crippen LogP contribution < -0.4 is 0 Å². The third-order valence-electron chi connectivity index (χ3n) is 0.